The number of carboxylic acid groups (broad SMARTS) is 1. The van der Waals surface area contributed by atoms with Gasteiger partial charge in [0.15, 0.2) is 6.61 Å². The summed E-state index contributed by atoms with van der Waals surface area (Å²) in [7, 11) is 0. The molecular formula is C19H18Cl2N2O4. The average Bonchev–Trinajstić information content (AvgIpc) is 2.67. The molecule has 2 aromatic carbocycles. The lowest BCUT2D eigenvalue weighted by molar-refractivity contribution is -0.133. The van der Waals surface area contributed by atoms with Crippen molar-refractivity contribution in [2.45, 2.75) is 0 Å². The maximum atomic E-state index is 12.4. The second kappa shape index (κ2) is 8.50. The predicted octanol–water partition coefficient (Wildman–Crippen LogP) is 3.42. The number of halogens is 2. The molecule has 0 unspecified atom stereocenters. The van der Waals surface area contributed by atoms with Crippen molar-refractivity contribution in [3.8, 4) is 5.75 Å². The Morgan fingerprint density at radius 1 is 1.00 bits per heavy atom. The summed E-state index contributed by atoms with van der Waals surface area (Å²) >= 11 is 11.9. The molecule has 1 fully saturated rings. The molecule has 1 heterocycles. The van der Waals surface area contributed by atoms with Crippen LogP contribution in [0.1, 0.15) is 10.4 Å². The minimum atomic E-state index is -0.947. The van der Waals surface area contributed by atoms with Gasteiger partial charge in [0.05, 0.1) is 10.6 Å². The number of benzene rings is 2. The number of carbonyl (C=O) groups excluding carboxylic acids is 1. The largest absolute Gasteiger partial charge is 0.482 e. The van der Waals surface area contributed by atoms with Crippen LogP contribution in [-0.4, -0.2) is 54.7 Å². The van der Waals surface area contributed by atoms with Crippen LogP contribution >= 0.6 is 23.2 Å². The van der Waals surface area contributed by atoms with Crippen LogP contribution in [-0.2, 0) is 4.79 Å². The van der Waals surface area contributed by atoms with E-state index < -0.39 is 5.97 Å². The summed E-state index contributed by atoms with van der Waals surface area (Å²) in [4.78, 5) is 27.1. The fraction of sp³-hybridized carbons (Fsp3) is 0.263. The number of amides is 1. The minimum Gasteiger partial charge on any atom is -0.482 e. The number of carbonyl (C=O) groups is 2. The summed E-state index contributed by atoms with van der Waals surface area (Å²) in [5.41, 5.74) is 1.20. The Hall–Kier alpha value is -2.44. The lowest BCUT2D eigenvalue weighted by atomic mass is 10.2. The van der Waals surface area contributed by atoms with E-state index in [1.165, 1.54) is 0 Å². The summed E-state index contributed by atoms with van der Waals surface area (Å²) in [6, 6.07) is 11.6. The van der Waals surface area contributed by atoms with Crippen molar-refractivity contribution >= 4 is 40.8 Å². The van der Waals surface area contributed by atoms with Crippen molar-refractivity contribution in [3.05, 3.63) is 58.1 Å². The number of nitrogens with zero attached hydrogens (tertiary/aromatic N) is 2. The second-order valence-electron chi connectivity index (χ2n) is 6.08. The molecular weight excluding hydrogens is 391 g/mol. The van der Waals surface area contributed by atoms with Gasteiger partial charge in [0, 0.05) is 36.9 Å². The van der Waals surface area contributed by atoms with Gasteiger partial charge in [-0.3, -0.25) is 4.79 Å². The van der Waals surface area contributed by atoms with E-state index in [0.717, 1.165) is 5.69 Å². The molecule has 0 aromatic heterocycles. The van der Waals surface area contributed by atoms with Gasteiger partial charge in [-0.25, -0.2) is 4.79 Å². The van der Waals surface area contributed by atoms with Crippen LogP contribution in [0.25, 0.3) is 0 Å². The van der Waals surface area contributed by atoms with Crippen LogP contribution in [0.15, 0.2) is 42.5 Å². The van der Waals surface area contributed by atoms with Gasteiger partial charge in [0.25, 0.3) is 5.91 Å². The fourth-order valence-electron chi connectivity index (χ4n) is 2.85. The molecule has 6 nitrogen and oxygen atoms in total. The lowest BCUT2D eigenvalue weighted by Gasteiger charge is -2.36. The number of hydrogen-bond donors (Lipinski definition) is 1. The summed E-state index contributed by atoms with van der Waals surface area (Å²) in [6.07, 6.45) is 0. The molecule has 1 aliphatic heterocycles. The van der Waals surface area contributed by atoms with Crippen molar-refractivity contribution in [2.24, 2.45) is 0 Å². The molecule has 0 bridgehead atoms. The van der Waals surface area contributed by atoms with Crippen LogP contribution in [0.4, 0.5) is 5.69 Å². The number of piperazine rings is 1. The van der Waals surface area contributed by atoms with Crippen LogP contribution in [0, 0.1) is 0 Å². The number of anilines is 1. The standard InChI is InChI=1S/C19H18Cl2N2O4/c20-14-3-6-17(16(21)11-14)27-12-18(24)23-9-7-22(8-10-23)15-4-1-13(2-5-15)19(25)26/h1-6,11H,7-10,12H2,(H,25,26). The van der Waals surface area contributed by atoms with Gasteiger partial charge in [0.1, 0.15) is 5.75 Å². The molecule has 1 aliphatic rings. The van der Waals surface area contributed by atoms with Crippen LogP contribution < -0.4 is 9.64 Å². The normalized spacial score (nSPS) is 14.1. The fourth-order valence-corrected chi connectivity index (χ4v) is 3.31. The first kappa shape index (κ1) is 19.3. The van der Waals surface area contributed by atoms with E-state index in [1.54, 1.807) is 47.4 Å². The molecule has 0 aliphatic carbocycles. The molecule has 3 rings (SSSR count). The van der Waals surface area contributed by atoms with E-state index in [9.17, 15) is 9.59 Å². The highest BCUT2D eigenvalue weighted by Gasteiger charge is 2.22. The third-order valence-corrected chi connectivity index (χ3v) is 4.89. The first-order valence-electron chi connectivity index (χ1n) is 8.38. The van der Waals surface area contributed by atoms with Crippen molar-refractivity contribution in [1.29, 1.82) is 0 Å². The number of ether oxygens (including phenoxy) is 1. The lowest BCUT2D eigenvalue weighted by Crippen LogP contribution is -2.50. The molecule has 8 heteroatoms. The van der Waals surface area contributed by atoms with Gasteiger partial charge >= 0.3 is 5.97 Å². The molecule has 1 N–H and O–H groups in total. The minimum absolute atomic E-state index is 0.0886. The zero-order valence-corrected chi connectivity index (χ0v) is 15.9. The van der Waals surface area contributed by atoms with Crippen LogP contribution in [0.5, 0.6) is 5.75 Å². The van der Waals surface area contributed by atoms with Crippen molar-refractivity contribution in [1.82, 2.24) is 4.90 Å². The topological polar surface area (TPSA) is 70.1 Å². The quantitative estimate of drug-likeness (QED) is 0.820. The monoisotopic (exact) mass is 408 g/mol. The van der Waals surface area contributed by atoms with E-state index in [4.69, 9.17) is 33.0 Å². The SMILES string of the molecule is O=C(O)c1ccc(N2CCN(C(=O)COc3ccc(Cl)cc3Cl)CC2)cc1. The summed E-state index contributed by atoms with van der Waals surface area (Å²) in [5.74, 6) is -0.633. The van der Waals surface area contributed by atoms with Gasteiger partial charge in [0.2, 0.25) is 0 Å². The molecule has 0 radical (unpaired) electrons. The van der Waals surface area contributed by atoms with Crippen molar-refractivity contribution in [2.75, 3.05) is 37.7 Å². The summed E-state index contributed by atoms with van der Waals surface area (Å²) in [5, 5.41) is 9.83. The highest BCUT2D eigenvalue weighted by molar-refractivity contribution is 6.35. The Labute approximate surface area is 166 Å². The maximum Gasteiger partial charge on any atom is 0.335 e. The molecule has 1 saturated heterocycles. The third-order valence-electron chi connectivity index (χ3n) is 4.36. The molecule has 142 valence electrons. The zero-order valence-electron chi connectivity index (χ0n) is 14.4. The third kappa shape index (κ3) is 4.84. The summed E-state index contributed by atoms with van der Waals surface area (Å²) < 4.78 is 5.50. The predicted molar refractivity (Wildman–Crippen MR) is 104 cm³/mol. The van der Waals surface area contributed by atoms with Crippen molar-refractivity contribution < 1.29 is 19.4 Å². The number of aromatic carboxylic acids is 1. The first-order chi connectivity index (χ1) is 12.9. The molecule has 2 aromatic rings. The average molecular weight is 409 g/mol. The highest BCUT2D eigenvalue weighted by Crippen LogP contribution is 2.27. The van der Waals surface area contributed by atoms with Gasteiger partial charge in [-0.05, 0) is 42.5 Å². The zero-order chi connectivity index (χ0) is 19.4. The molecule has 0 atom stereocenters. The molecule has 0 saturated carbocycles. The maximum absolute atomic E-state index is 12.4. The van der Waals surface area contributed by atoms with E-state index in [-0.39, 0.29) is 18.1 Å². The Morgan fingerprint density at radius 2 is 1.67 bits per heavy atom. The molecule has 0 spiro atoms. The number of hydrogen-bond acceptors (Lipinski definition) is 4. The first-order valence-corrected chi connectivity index (χ1v) is 9.13. The van der Waals surface area contributed by atoms with E-state index in [0.29, 0.717) is 42.0 Å². The number of carboxylic acids is 1. The Balaban J connectivity index is 1.51. The smallest absolute Gasteiger partial charge is 0.335 e. The van der Waals surface area contributed by atoms with Gasteiger partial charge in [-0.1, -0.05) is 23.2 Å². The van der Waals surface area contributed by atoms with Gasteiger partial charge in [-0.2, -0.15) is 0 Å². The van der Waals surface area contributed by atoms with E-state index >= 15 is 0 Å². The van der Waals surface area contributed by atoms with Crippen LogP contribution in [0.2, 0.25) is 10.0 Å². The Morgan fingerprint density at radius 3 is 2.26 bits per heavy atom. The molecule has 27 heavy (non-hydrogen) atoms. The summed E-state index contributed by atoms with van der Waals surface area (Å²) in [6.45, 7) is 2.38. The van der Waals surface area contributed by atoms with E-state index in [1.807, 2.05) is 0 Å². The molecule has 1 amide bonds. The van der Waals surface area contributed by atoms with Gasteiger partial charge < -0.3 is 19.6 Å². The Kier molecular flexibility index (Phi) is 6.08. The van der Waals surface area contributed by atoms with Gasteiger partial charge in [-0.15, -0.1) is 0 Å². The van der Waals surface area contributed by atoms with E-state index in [2.05, 4.69) is 4.90 Å². The Bertz CT molecular complexity index is 834. The number of rotatable bonds is 5. The van der Waals surface area contributed by atoms with Crippen molar-refractivity contribution in [3.63, 3.8) is 0 Å². The highest BCUT2D eigenvalue weighted by atomic mass is 35.5. The van der Waals surface area contributed by atoms with Crippen LogP contribution in [0.3, 0.4) is 0 Å². The second-order valence-corrected chi connectivity index (χ2v) is 6.93.